The summed E-state index contributed by atoms with van der Waals surface area (Å²) in [6.45, 7) is 4.31. The maximum absolute atomic E-state index is 12.1. The van der Waals surface area contributed by atoms with E-state index in [0.717, 1.165) is 30.8 Å². The number of fused-ring (bicyclic) bond motifs is 1. The van der Waals surface area contributed by atoms with Crippen LogP contribution in [-0.2, 0) is 12.8 Å². The van der Waals surface area contributed by atoms with Gasteiger partial charge in [-0.25, -0.2) is 4.98 Å². The van der Waals surface area contributed by atoms with E-state index in [1.54, 1.807) is 19.0 Å². The average molecular weight is 235 g/mol. The monoisotopic (exact) mass is 235 g/mol. The summed E-state index contributed by atoms with van der Waals surface area (Å²) in [5.41, 5.74) is 1.80. The Bertz CT molecular complexity index is 434. The van der Waals surface area contributed by atoms with Crippen LogP contribution >= 0.6 is 0 Å². The highest BCUT2D eigenvalue weighted by atomic mass is 16.2. The van der Waals surface area contributed by atoms with E-state index in [1.165, 1.54) is 6.42 Å². The molecule has 0 spiro atoms. The van der Waals surface area contributed by atoms with E-state index in [2.05, 4.69) is 23.4 Å². The van der Waals surface area contributed by atoms with Crippen molar-refractivity contribution in [3.05, 3.63) is 17.2 Å². The Balaban J connectivity index is 2.51. The number of carbonyl (C=O) groups excluding carboxylic acids is 1. The number of aryl methyl sites for hydroxylation is 1. The zero-order chi connectivity index (χ0) is 12.6. The molecule has 17 heavy (non-hydrogen) atoms. The van der Waals surface area contributed by atoms with Gasteiger partial charge in [0.2, 0.25) is 0 Å². The fraction of sp³-hybridized carbons (Fsp3) is 0.692. The molecule has 1 aliphatic rings. The summed E-state index contributed by atoms with van der Waals surface area (Å²) in [5.74, 6) is 1.08. The minimum absolute atomic E-state index is 0.0301. The third-order valence-corrected chi connectivity index (χ3v) is 3.48. The van der Waals surface area contributed by atoms with Crippen LogP contribution in [0.1, 0.15) is 54.7 Å². The van der Waals surface area contributed by atoms with E-state index in [0.29, 0.717) is 11.7 Å². The van der Waals surface area contributed by atoms with Gasteiger partial charge >= 0.3 is 0 Å². The standard InChI is InChI=1S/C13H21N3O/c1-5-11-14-12(13(17)15(3)4)10-8-6-7-9(2)16(10)11/h9H,5-8H2,1-4H3. The first-order chi connectivity index (χ1) is 8.06. The van der Waals surface area contributed by atoms with Gasteiger partial charge in [-0.2, -0.15) is 0 Å². The van der Waals surface area contributed by atoms with Crippen LogP contribution < -0.4 is 0 Å². The van der Waals surface area contributed by atoms with Crippen molar-refractivity contribution >= 4 is 5.91 Å². The molecule has 2 rings (SSSR count). The molecule has 2 heterocycles. The van der Waals surface area contributed by atoms with Crippen LogP contribution in [0.15, 0.2) is 0 Å². The largest absolute Gasteiger partial charge is 0.343 e. The van der Waals surface area contributed by atoms with E-state index < -0.39 is 0 Å². The lowest BCUT2D eigenvalue weighted by molar-refractivity contribution is 0.0820. The van der Waals surface area contributed by atoms with Gasteiger partial charge in [0.25, 0.3) is 5.91 Å². The van der Waals surface area contributed by atoms with Crippen LogP contribution in [0.3, 0.4) is 0 Å². The van der Waals surface area contributed by atoms with Crippen LogP contribution in [0.4, 0.5) is 0 Å². The number of hydrogen-bond donors (Lipinski definition) is 0. The highest BCUT2D eigenvalue weighted by Crippen LogP contribution is 2.29. The smallest absolute Gasteiger partial charge is 0.273 e. The first-order valence-electron chi connectivity index (χ1n) is 6.37. The Labute approximate surface area is 103 Å². The molecule has 1 aromatic rings. The van der Waals surface area contributed by atoms with Gasteiger partial charge in [-0.1, -0.05) is 6.92 Å². The Kier molecular flexibility index (Phi) is 3.22. The van der Waals surface area contributed by atoms with Crippen molar-refractivity contribution in [3.8, 4) is 0 Å². The maximum atomic E-state index is 12.1. The molecule has 4 nitrogen and oxygen atoms in total. The lowest BCUT2D eigenvalue weighted by atomic mass is 10.0. The molecule has 1 atom stereocenters. The second-order valence-corrected chi connectivity index (χ2v) is 4.99. The zero-order valence-corrected chi connectivity index (χ0v) is 11.2. The fourth-order valence-electron chi connectivity index (χ4n) is 2.60. The first-order valence-corrected chi connectivity index (χ1v) is 6.37. The highest BCUT2D eigenvalue weighted by molar-refractivity contribution is 5.93. The van der Waals surface area contributed by atoms with Gasteiger partial charge in [0, 0.05) is 26.6 Å². The quantitative estimate of drug-likeness (QED) is 0.786. The first kappa shape index (κ1) is 12.1. The average Bonchev–Trinajstić information content (AvgIpc) is 2.68. The molecule has 1 unspecified atom stereocenters. The topological polar surface area (TPSA) is 38.1 Å². The Morgan fingerprint density at radius 3 is 2.82 bits per heavy atom. The third-order valence-electron chi connectivity index (χ3n) is 3.48. The van der Waals surface area contributed by atoms with E-state index >= 15 is 0 Å². The number of aromatic nitrogens is 2. The van der Waals surface area contributed by atoms with Crippen LogP contribution in [0.2, 0.25) is 0 Å². The molecule has 0 saturated heterocycles. The Hall–Kier alpha value is -1.32. The minimum atomic E-state index is 0.0301. The highest BCUT2D eigenvalue weighted by Gasteiger charge is 2.27. The molecule has 0 N–H and O–H groups in total. The van der Waals surface area contributed by atoms with Crippen molar-refractivity contribution in [2.24, 2.45) is 0 Å². The summed E-state index contributed by atoms with van der Waals surface area (Å²) in [5, 5.41) is 0. The van der Waals surface area contributed by atoms with Gasteiger partial charge < -0.3 is 9.47 Å². The SMILES string of the molecule is CCc1nc(C(=O)N(C)C)c2n1C(C)CCC2. The van der Waals surface area contributed by atoms with Gasteiger partial charge in [0.05, 0.1) is 5.69 Å². The van der Waals surface area contributed by atoms with Gasteiger partial charge in [-0.3, -0.25) is 4.79 Å². The van der Waals surface area contributed by atoms with Crippen LogP contribution in [-0.4, -0.2) is 34.5 Å². The summed E-state index contributed by atoms with van der Waals surface area (Å²) < 4.78 is 2.28. The number of amides is 1. The third kappa shape index (κ3) is 1.96. The molecule has 0 fully saturated rings. The number of hydrogen-bond acceptors (Lipinski definition) is 2. The van der Waals surface area contributed by atoms with Gasteiger partial charge in [-0.15, -0.1) is 0 Å². The van der Waals surface area contributed by atoms with Crippen molar-refractivity contribution in [1.29, 1.82) is 0 Å². The van der Waals surface area contributed by atoms with E-state index in [1.807, 2.05) is 0 Å². The summed E-state index contributed by atoms with van der Waals surface area (Å²) >= 11 is 0. The van der Waals surface area contributed by atoms with Crippen molar-refractivity contribution in [2.45, 2.75) is 45.6 Å². The van der Waals surface area contributed by atoms with Crippen molar-refractivity contribution in [2.75, 3.05) is 14.1 Å². The molecular formula is C13H21N3O. The Morgan fingerprint density at radius 1 is 1.53 bits per heavy atom. The number of imidazole rings is 1. The van der Waals surface area contributed by atoms with Crippen LogP contribution in [0.25, 0.3) is 0 Å². The van der Waals surface area contributed by atoms with Crippen LogP contribution in [0, 0.1) is 0 Å². The predicted octanol–water partition coefficient (Wildman–Crippen LogP) is 2.04. The number of carbonyl (C=O) groups is 1. The lowest BCUT2D eigenvalue weighted by Gasteiger charge is -2.24. The van der Waals surface area contributed by atoms with Gasteiger partial charge in [0.1, 0.15) is 11.5 Å². The van der Waals surface area contributed by atoms with E-state index in [9.17, 15) is 4.79 Å². The molecule has 1 aromatic heterocycles. The van der Waals surface area contributed by atoms with Gasteiger partial charge in [0.15, 0.2) is 0 Å². The normalized spacial score (nSPS) is 18.9. The molecule has 4 heteroatoms. The molecule has 0 saturated carbocycles. The minimum Gasteiger partial charge on any atom is -0.343 e. The summed E-state index contributed by atoms with van der Waals surface area (Å²) in [6.07, 6.45) is 4.21. The molecule has 1 amide bonds. The van der Waals surface area contributed by atoms with E-state index in [4.69, 9.17) is 0 Å². The fourth-order valence-corrected chi connectivity index (χ4v) is 2.60. The summed E-state index contributed by atoms with van der Waals surface area (Å²) in [7, 11) is 3.57. The van der Waals surface area contributed by atoms with Crippen molar-refractivity contribution < 1.29 is 4.79 Å². The summed E-state index contributed by atoms with van der Waals surface area (Å²) in [6, 6.07) is 0.477. The second kappa shape index (κ2) is 4.51. The molecule has 0 radical (unpaired) electrons. The maximum Gasteiger partial charge on any atom is 0.273 e. The number of rotatable bonds is 2. The van der Waals surface area contributed by atoms with Crippen molar-refractivity contribution in [1.82, 2.24) is 14.5 Å². The second-order valence-electron chi connectivity index (χ2n) is 4.99. The molecule has 0 aromatic carbocycles. The Morgan fingerprint density at radius 2 is 2.24 bits per heavy atom. The van der Waals surface area contributed by atoms with E-state index in [-0.39, 0.29) is 5.91 Å². The zero-order valence-electron chi connectivity index (χ0n) is 11.2. The summed E-state index contributed by atoms with van der Waals surface area (Å²) in [4.78, 5) is 18.3. The number of nitrogens with zero attached hydrogens (tertiary/aromatic N) is 3. The van der Waals surface area contributed by atoms with Crippen molar-refractivity contribution in [3.63, 3.8) is 0 Å². The predicted molar refractivity (Wildman–Crippen MR) is 67.3 cm³/mol. The van der Waals surface area contributed by atoms with Gasteiger partial charge in [-0.05, 0) is 26.2 Å². The molecule has 1 aliphatic heterocycles. The van der Waals surface area contributed by atoms with Crippen LogP contribution in [0.5, 0.6) is 0 Å². The molecule has 94 valence electrons. The molecular weight excluding hydrogens is 214 g/mol. The molecule has 0 aliphatic carbocycles. The molecule has 0 bridgehead atoms. The lowest BCUT2D eigenvalue weighted by Crippen LogP contribution is -2.25.